The number of hydrogen-bond acceptors (Lipinski definition) is 2. The van der Waals surface area contributed by atoms with E-state index in [1.54, 1.807) is 16.2 Å². The number of thiophene rings is 1. The summed E-state index contributed by atoms with van der Waals surface area (Å²) in [7, 11) is 3.63. The van der Waals surface area contributed by atoms with Gasteiger partial charge in [0.1, 0.15) is 0 Å². The maximum Gasteiger partial charge on any atom is 0.320 e. The second kappa shape index (κ2) is 5.53. The van der Waals surface area contributed by atoms with Crippen LogP contribution in [0.5, 0.6) is 0 Å². The summed E-state index contributed by atoms with van der Waals surface area (Å²) in [5, 5.41) is 2.13. The van der Waals surface area contributed by atoms with Crippen molar-refractivity contribution in [2.45, 2.75) is 19.4 Å². The molecule has 2 heterocycles. The zero-order valence-electron chi connectivity index (χ0n) is 12.7. The van der Waals surface area contributed by atoms with Crippen LogP contribution in [0.15, 0.2) is 35.7 Å². The van der Waals surface area contributed by atoms with E-state index in [2.05, 4.69) is 42.6 Å². The van der Waals surface area contributed by atoms with Crippen molar-refractivity contribution in [2.24, 2.45) is 0 Å². The first-order chi connectivity index (χ1) is 10.1. The molecule has 0 radical (unpaired) electrons. The fraction of sp³-hybridized carbons (Fsp3) is 0.353. The highest BCUT2D eigenvalue weighted by atomic mass is 32.1. The Kier molecular flexibility index (Phi) is 3.72. The fourth-order valence-corrected chi connectivity index (χ4v) is 3.79. The number of fused-ring (bicyclic) bond motifs is 1. The summed E-state index contributed by atoms with van der Waals surface area (Å²) < 4.78 is 0. The Morgan fingerprint density at radius 3 is 2.62 bits per heavy atom. The Bertz CT molecular complexity index is 645. The van der Waals surface area contributed by atoms with Crippen molar-refractivity contribution in [2.75, 3.05) is 20.6 Å². The first-order valence-electron chi connectivity index (χ1n) is 7.18. The highest BCUT2D eigenvalue weighted by Crippen LogP contribution is 2.38. The lowest BCUT2D eigenvalue weighted by atomic mass is 9.93. The Hall–Kier alpha value is -1.81. The molecule has 21 heavy (non-hydrogen) atoms. The predicted molar refractivity (Wildman–Crippen MR) is 86.8 cm³/mol. The normalized spacial score (nSPS) is 17.5. The molecule has 0 spiro atoms. The van der Waals surface area contributed by atoms with Gasteiger partial charge in [0.05, 0.1) is 6.04 Å². The van der Waals surface area contributed by atoms with Crippen LogP contribution in [0, 0.1) is 6.92 Å². The van der Waals surface area contributed by atoms with E-state index >= 15 is 0 Å². The van der Waals surface area contributed by atoms with Crippen molar-refractivity contribution in [1.82, 2.24) is 9.80 Å². The molecule has 3 rings (SSSR count). The Labute approximate surface area is 129 Å². The lowest BCUT2D eigenvalue weighted by molar-refractivity contribution is 0.154. The maximum absolute atomic E-state index is 12.5. The van der Waals surface area contributed by atoms with Crippen molar-refractivity contribution in [3.05, 3.63) is 57.3 Å². The van der Waals surface area contributed by atoms with Crippen LogP contribution in [0.25, 0.3) is 0 Å². The van der Waals surface area contributed by atoms with E-state index in [0.29, 0.717) is 0 Å². The van der Waals surface area contributed by atoms with E-state index in [0.717, 1.165) is 13.0 Å². The maximum atomic E-state index is 12.5. The number of rotatable bonds is 1. The van der Waals surface area contributed by atoms with Gasteiger partial charge < -0.3 is 9.80 Å². The van der Waals surface area contributed by atoms with Gasteiger partial charge in [-0.3, -0.25) is 0 Å². The molecule has 0 saturated carbocycles. The Morgan fingerprint density at radius 1 is 1.24 bits per heavy atom. The molecule has 0 unspecified atom stereocenters. The Morgan fingerprint density at radius 2 is 1.95 bits per heavy atom. The number of urea groups is 1. The average Bonchev–Trinajstić information content (AvgIpc) is 2.94. The van der Waals surface area contributed by atoms with Crippen LogP contribution in [0.4, 0.5) is 4.79 Å². The van der Waals surface area contributed by atoms with E-state index < -0.39 is 0 Å². The van der Waals surface area contributed by atoms with E-state index in [9.17, 15) is 4.79 Å². The second-order valence-electron chi connectivity index (χ2n) is 5.73. The zero-order chi connectivity index (χ0) is 15.0. The van der Waals surface area contributed by atoms with E-state index in [1.165, 1.54) is 21.6 Å². The fourth-order valence-electron chi connectivity index (χ4n) is 2.89. The van der Waals surface area contributed by atoms with E-state index in [-0.39, 0.29) is 12.1 Å². The highest BCUT2D eigenvalue weighted by molar-refractivity contribution is 7.10. The lowest BCUT2D eigenvalue weighted by Crippen LogP contribution is -2.45. The molecule has 1 aliphatic rings. The first kappa shape index (κ1) is 14.1. The number of carbonyl (C=O) groups excluding carboxylic acids is 1. The first-order valence-corrected chi connectivity index (χ1v) is 8.06. The molecule has 1 aromatic carbocycles. The van der Waals surface area contributed by atoms with Gasteiger partial charge in [-0.25, -0.2) is 4.79 Å². The van der Waals surface area contributed by atoms with Crippen LogP contribution < -0.4 is 0 Å². The molecule has 0 fully saturated rings. The number of aryl methyl sites for hydroxylation is 1. The van der Waals surface area contributed by atoms with Gasteiger partial charge in [-0.15, -0.1) is 11.3 Å². The molecule has 1 atom stereocenters. The summed E-state index contributed by atoms with van der Waals surface area (Å²) in [6.07, 6.45) is 0.953. The summed E-state index contributed by atoms with van der Waals surface area (Å²) in [6.45, 7) is 2.87. The minimum Gasteiger partial charge on any atom is -0.331 e. The van der Waals surface area contributed by atoms with Crippen molar-refractivity contribution in [3.63, 3.8) is 0 Å². The second-order valence-corrected chi connectivity index (χ2v) is 6.73. The van der Waals surface area contributed by atoms with Gasteiger partial charge in [0, 0.05) is 25.5 Å². The van der Waals surface area contributed by atoms with Crippen LogP contribution in [0.2, 0.25) is 0 Å². The Balaban J connectivity index is 2.06. The molecule has 3 nitrogen and oxygen atoms in total. The zero-order valence-corrected chi connectivity index (χ0v) is 13.5. The molecule has 0 N–H and O–H groups in total. The number of amides is 2. The number of nitrogens with zero attached hydrogens (tertiary/aromatic N) is 2. The summed E-state index contributed by atoms with van der Waals surface area (Å²) in [6, 6.07) is 10.8. The molecule has 0 bridgehead atoms. The minimum atomic E-state index is 0.0375. The number of benzene rings is 1. The van der Waals surface area contributed by atoms with Gasteiger partial charge >= 0.3 is 6.03 Å². The van der Waals surface area contributed by atoms with Gasteiger partial charge in [-0.05, 0) is 35.9 Å². The molecule has 0 aliphatic carbocycles. The highest BCUT2D eigenvalue weighted by Gasteiger charge is 2.33. The van der Waals surface area contributed by atoms with Crippen molar-refractivity contribution < 1.29 is 4.79 Å². The largest absolute Gasteiger partial charge is 0.331 e. The smallest absolute Gasteiger partial charge is 0.320 e. The van der Waals surface area contributed by atoms with Crippen LogP contribution in [0.1, 0.15) is 27.6 Å². The summed E-state index contributed by atoms with van der Waals surface area (Å²) >= 11 is 1.80. The molecule has 4 heteroatoms. The molecule has 0 saturated heterocycles. The monoisotopic (exact) mass is 300 g/mol. The number of hydrogen-bond donors (Lipinski definition) is 0. The van der Waals surface area contributed by atoms with Crippen molar-refractivity contribution >= 4 is 17.4 Å². The predicted octanol–water partition coefficient (Wildman–Crippen LogP) is 3.69. The molecular weight excluding hydrogens is 280 g/mol. The third-order valence-corrected chi connectivity index (χ3v) is 4.98. The van der Waals surface area contributed by atoms with Crippen LogP contribution in [0.3, 0.4) is 0 Å². The molecular formula is C17H20N2OS. The van der Waals surface area contributed by atoms with Crippen LogP contribution >= 0.6 is 11.3 Å². The van der Waals surface area contributed by atoms with Crippen molar-refractivity contribution in [3.8, 4) is 0 Å². The van der Waals surface area contributed by atoms with Crippen LogP contribution in [-0.2, 0) is 6.42 Å². The van der Waals surface area contributed by atoms with Gasteiger partial charge in [-0.1, -0.05) is 29.8 Å². The topological polar surface area (TPSA) is 23.6 Å². The standard InChI is InChI=1S/C17H20N2OS/c1-12-4-6-13(7-5-12)16-14-9-11-21-15(14)8-10-19(16)17(20)18(2)3/h4-7,9,11,16H,8,10H2,1-3H3/t16-/m1/s1. The third-order valence-electron chi connectivity index (χ3n) is 3.99. The molecule has 110 valence electrons. The lowest BCUT2D eigenvalue weighted by Gasteiger charge is -2.37. The van der Waals surface area contributed by atoms with E-state index in [1.807, 2.05) is 19.0 Å². The summed E-state index contributed by atoms with van der Waals surface area (Å²) in [4.78, 5) is 17.6. The summed E-state index contributed by atoms with van der Waals surface area (Å²) in [5.41, 5.74) is 3.71. The molecule has 1 aromatic heterocycles. The summed E-state index contributed by atoms with van der Waals surface area (Å²) in [5.74, 6) is 0. The third kappa shape index (κ3) is 2.56. The van der Waals surface area contributed by atoms with Gasteiger partial charge in [0.25, 0.3) is 0 Å². The number of carbonyl (C=O) groups is 1. The van der Waals surface area contributed by atoms with Gasteiger partial charge in [0.15, 0.2) is 0 Å². The molecule has 2 aromatic rings. The van der Waals surface area contributed by atoms with Gasteiger partial charge in [0.2, 0.25) is 0 Å². The SMILES string of the molecule is Cc1ccc([C@@H]2c3ccsc3CCN2C(=O)N(C)C)cc1. The van der Waals surface area contributed by atoms with Crippen molar-refractivity contribution in [1.29, 1.82) is 0 Å². The molecule has 1 aliphatic heterocycles. The quantitative estimate of drug-likeness (QED) is 0.788. The molecule has 2 amide bonds. The average molecular weight is 300 g/mol. The van der Waals surface area contributed by atoms with E-state index in [4.69, 9.17) is 0 Å². The van der Waals surface area contributed by atoms with Crippen LogP contribution in [-0.4, -0.2) is 36.5 Å². The minimum absolute atomic E-state index is 0.0375. The van der Waals surface area contributed by atoms with Gasteiger partial charge in [-0.2, -0.15) is 0 Å².